The van der Waals surface area contributed by atoms with E-state index in [1.807, 2.05) is 121 Å². The minimum atomic E-state index is 0.998. The zero-order valence-corrected chi connectivity index (χ0v) is 41.7. The highest BCUT2D eigenvalue weighted by atomic mass is 14.2. The largest absolute Gasteiger partial charge is 0.0622 e. The summed E-state index contributed by atoms with van der Waals surface area (Å²) < 4.78 is 0. The maximum atomic E-state index is 3.49. The molecular formula is C76H48. The molecule has 12 aromatic carbocycles. The number of fused-ring (bicyclic) bond motifs is 2. The van der Waals surface area contributed by atoms with Crippen LogP contribution in [0.25, 0.3) is 66.1 Å². The summed E-state index contributed by atoms with van der Waals surface area (Å²) in [5.41, 5.74) is 17.1. The molecule has 0 aliphatic heterocycles. The van der Waals surface area contributed by atoms with Crippen molar-refractivity contribution >= 4 is 21.5 Å². The third-order valence-electron chi connectivity index (χ3n) is 13.1. The van der Waals surface area contributed by atoms with Gasteiger partial charge >= 0.3 is 0 Å². The molecule has 0 saturated carbocycles. The highest BCUT2D eigenvalue weighted by molar-refractivity contribution is 6.11. The van der Waals surface area contributed by atoms with E-state index in [0.29, 0.717) is 0 Å². The highest BCUT2D eigenvalue weighted by Crippen LogP contribution is 2.42. The molecule has 0 aliphatic carbocycles. The van der Waals surface area contributed by atoms with Gasteiger partial charge in [0, 0.05) is 66.8 Å². The molecule has 0 amide bonds. The van der Waals surface area contributed by atoms with E-state index in [1.165, 1.54) is 21.5 Å². The molecule has 352 valence electrons. The Morgan fingerprint density at radius 2 is 0.342 bits per heavy atom. The fourth-order valence-electron chi connectivity index (χ4n) is 9.52. The first kappa shape index (κ1) is 47.7. The summed E-state index contributed by atoms with van der Waals surface area (Å²) in [6.45, 7) is 0. The second kappa shape index (κ2) is 23.3. The van der Waals surface area contributed by atoms with Gasteiger partial charge in [0.1, 0.15) is 0 Å². The van der Waals surface area contributed by atoms with Gasteiger partial charge in [0.15, 0.2) is 0 Å². The molecule has 0 fully saturated rings. The van der Waals surface area contributed by atoms with E-state index >= 15 is 0 Å². The zero-order valence-electron chi connectivity index (χ0n) is 41.7. The molecule has 0 spiro atoms. The van der Waals surface area contributed by atoms with Crippen LogP contribution in [0.4, 0.5) is 0 Å². The molecule has 76 heavy (non-hydrogen) atoms. The molecule has 0 radical (unpaired) electrons. The van der Waals surface area contributed by atoms with Gasteiger partial charge in [-0.1, -0.05) is 266 Å². The first-order valence-corrected chi connectivity index (χ1v) is 25.4. The first-order chi connectivity index (χ1) is 37.7. The maximum absolute atomic E-state index is 3.49. The minimum absolute atomic E-state index is 0.998. The fourth-order valence-corrected chi connectivity index (χ4v) is 9.52. The Bertz CT molecular complexity index is 3660. The summed E-state index contributed by atoms with van der Waals surface area (Å²) in [5.74, 6) is 27.5. The van der Waals surface area contributed by atoms with Gasteiger partial charge in [-0.15, -0.1) is 0 Å². The average Bonchev–Trinajstić information content (AvgIpc) is 3.51. The molecule has 0 bridgehead atoms. The Kier molecular flexibility index (Phi) is 14.6. The van der Waals surface area contributed by atoms with Gasteiger partial charge in [-0.3, -0.25) is 0 Å². The molecule has 0 unspecified atom stereocenters. The van der Waals surface area contributed by atoms with Crippen LogP contribution in [0.15, 0.2) is 291 Å². The van der Waals surface area contributed by atoms with Crippen molar-refractivity contribution in [3.63, 3.8) is 0 Å². The Balaban J connectivity index is 0.000000162. The normalized spacial score (nSPS) is 10.2. The second-order valence-corrected chi connectivity index (χ2v) is 18.1. The van der Waals surface area contributed by atoms with Crippen LogP contribution in [-0.2, 0) is 0 Å². The maximum Gasteiger partial charge on any atom is 0.0334 e. The van der Waals surface area contributed by atoms with Crippen molar-refractivity contribution in [1.82, 2.24) is 0 Å². The lowest BCUT2D eigenvalue weighted by atomic mass is 9.86. The van der Waals surface area contributed by atoms with E-state index in [0.717, 1.165) is 89.0 Å². The predicted octanol–water partition coefficient (Wildman–Crippen LogP) is 17.9. The standard InChI is InChI=1S/2C38H24/c2*1-5-13-29(14-6-1)21-23-33-25-27-35-28-26-34(24-22-30-15-7-2-8-16-30)37(32-19-11-4-12-20-32)38(35)36(33)31-17-9-3-10-18-31/h2*1-20,25-28H. The van der Waals surface area contributed by atoms with E-state index in [9.17, 15) is 0 Å². The second-order valence-electron chi connectivity index (χ2n) is 18.1. The predicted molar refractivity (Wildman–Crippen MR) is 319 cm³/mol. The third-order valence-corrected chi connectivity index (χ3v) is 13.1. The summed E-state index contributed by atoms with van der Waals surface area (Å²) in [6, 6.07) is 100. The van der Waals surface area contributed by atoms with Crippen molar-refractivity contribution in [1.29, 1.82) is 0 Å². The molecular weight excluding hydrogens is 913 g/mol. The van der Waals surface area contributed by atoms with E-state index < -0.39 is 0 Å². The monoisotopic (exact) mass is 960 g/mol. The van der Waals surface area contributed by atoms with Crippen molar-refractivity contribution in [2.75, 3.05) is 0 Å². The van der Waals surface area contributed by atoms with Gasteiger partial charge in [0.05, 0.1) is 0 Å². The molecule has 12 aromatic rings. The molecule has 0 atom stereocenters. The molecule has 0 heteroatoms. The van der Waals surface area contributed by atoms with Crippen LogP contribution >= 0.6 is 0 Å². The Hall–Kier alpha value is -10.6. The summed E-state index contributed by atoms with van der Waals surface area (Å²) in [5, 5.41) is 4.67. The zero-order chi connectivity index (χ0) is 51.1. The van der Waals surface area contributed by atoms with E-state index in [2.05, 4.69) is 217 Å². The molecule has 0 aromatic heterocycles. The van der Waals surface area contributed by atoms with Gasteiger partial charge in [-0.25, -0.2) is 0 Å². The smallest absolute Gasteiger partial charge is 0.0334 e. The number of hydrogen-bond acceptors (Lipinski definition) is 0. The summed E-state index contributed by atoms with van der Waals surface area (Å²) >= 11 is 0. The fraction of sp³-hybridized carbons (Fsp3) is 0. The highest BCUT2D eigenvalue weighted by Gasteiger charge is 2.18. The molecule has 0 heterocycles. The summed E-state index contributed by atoms with van der Waals surface area (Å²) in [6.07, 6.45) is 0. The molecule has 0 aliphatic rings. The van der Waals surface area contributed by atoms with Gasteiger partial charge in [0.2, 0.25) is 0 Å². The van der Waals surface area contributed by atoms with Crippen LogP contribution in [-0.4, -0.2) is 0 Å². The topological polar surface area (TPSA) is 0 Å². The summed E-state index contributed by atoms with van der Waals surface area (Å²) in [4.78, 5) is 0. The number of rotatable bonds is 4. The third kappa shape index (κ3) is 11.1. The average molecular weight is 961 g/mol. The van der Waals surface area contributed by atoms with Crippen LogP contribution in [0, 0.1) is 47.4 Å². The van der Waals surface area contributed by atoms with Gasteiger partial charge in [-0.2, -0.15) is 0 Å². The van der Waals surface area contributed by atoms with Gasteiger partial charge in [0.25, 0.3) is 0 Å². The van der Waals surface area contributed by atoms with Crippen LogP contribution in [0.3, 0.4) is 0 Å². The van der Waals surface area contributed by atoms with Crippen molar-refractivity contribution < 1.29 is 0 Å². The lowest BCUT2D eigenvalue weighted by Crippen LogP contribution is -1.94. The first-order valence-electron chi connectivity index (χ1n) is 25.4. The van der Waals surface area contributed by atoms with Gasteiger partial charge in [-0.05, 0) is 117 Å². The van der Waals surface area contributed by atoms with Gasteiger partial charge < -0.3 is 0 Å². The van der Waals surface area contributed by atoms with Crippen LogP contribution in [0.1, 0.15) is 44.5 Å². The lowest BCUT2D eigenvalue weighted by Gasteiger charge is -2.16. The van der Waals surface area contributed by atoms with E-state index in [1.54, 1.807) is 0 Å². The van der Waals surface area contributed by atoms with Crippen molar-refractivity contribution in [3.8, 4) is 91.9 Å². The number of hydrogen-bond donors (Lipinski definition) is 0. The van der Waals surface area contributed by atoms with Crippen LogP contribution in [0.5, 0.6) is 0 Å². The van der Waals surface area contributed by atoms with E-state index in [-0.39, 0.29) is 0 Å². The van der Waals surface area contributed by atoms with Crippen LogP contribution in [0.2, 0.25) is 0 Å². The molecule has 12 rings (SSSR count). The van der Waals surface area contributed by atoms with Crippen molar-refractivity contribution in [3.05, 3.63) is 336 Å². The SMILES string of the molecule is C(#Cc1ccc2ccc(C#Cc3ccccc3)c(-c3ccccc3)c2c1-c1ccccc1)c1ccccc1.C(#Cc1ccc2ccc(C#Cc3ccccc3)c(-c3ccccc3)c2c1-c1ccccc1)c1ccccc1. The Morgan fingerprint density at radius 3 is 0.539 bits per heavy atom. The van der Waals surface area contributed by atoms with Crippen molar-refractivity contribution in [2.24, 2.45) is 0 Å². The van der Waals surface area contributed by atoms with E-state index in [4.69, 9.17) is 0 Å². The Labute approximate surface area is 446 Å². The van der Waals surface area contributed by atoms with Crippen molar-refractivity contribution in [2.45, 2.75) is 0 Å². The lowest BCUT2D eigenvalue weighted by molar-refractivity contribution is 1.58. The van der Waals surface area contributed by atoms with Crippen LogP contribution < -0.4 is 0 Å². The quantitative estimate of drug-likeness (QED) is 0.154. The number of benzene rings is 12. The molecule has 0 saturated heterocycles. The Morgan fingerprint density at radius 1 is 0.158 bits per heavy atom. The molecule has 0 nitrogen and oxygen atoms in total. The summed E-state index contributed by atoms with van der Waals surface area (Å²) in [7, 11) is 0. The minimum Gasteiger partial charge on any atom is -0.0622 e. The molecule has 0 N–H and O–H groups in total.